The zero-order chi connectivity index (χ0) is 14.9. The van der Waals surface area contributed by atoms with E-state index in [1.165, 1.54) is 0 Å². The number of aliphatic hydroxyl groups is 2. The SMILES string of the molecule is CCN(C(=O)CN1CC(O)C(O)C1)C1CCS(=O)(=O)C1. The Morgan fingerprint density at radius 3 is 2.35 bits per heavy atom. The van der Waals surface area contributed by atoms with Gasteiger partial charge in [0.2, 0.25) is 5.91 Å². The molecule has 8 heteroatoms. The highest BCUT2D eigenvalue weighted by atomic mass is 32.2. The van der Waals surface area contributed by atoms with Crippen LogP contribution in [0.4, 0.5) is 0 Å². The zero-order valence-electron chi connectivity index (χ0n) is 11.6. The topological polar surface area (TPSA) is 98.2 Å². The fourth-order valence-electron chi connectivity index (χ4n) is 2.92. The molecule has 0 aromatic rings. The smallest absolute Gasteiger partial charge is 0.237 e. The van der Waals surface area contributed by atoms with Crippen LogP contribution in [0.25, 0.3) is 0 Å². The van der Waals surface area contributed by atoms with Gasteiger partial charge in [0.05, 0.1) is 30.3 Å². The van der Waals surface area contributed by atoms with Crippen LogP contribution in [0.1, 0.15) is 13.3 Å². The number of carbonyl (C=O) groups excluding carboxylic acids is 1. The van der Waals surface area contributed by atoms with Crippen LogP contribution in [0.2, 0.25) is 0 Å². The predicted octanol–water partition coefficient (Wildman–Crippen LogP) is -1.94. The predicted molar refractivity (Wildman–Crippen MR) is 72.9 cm³/mol. The maximum atomic E-state index is 12.3. The van der Waals surface area contributed by atoms with Crippen molar-refractivity contribution in [3.63, 3.8) is 0 Å². The third kappa shape index (κ3) is 3.49. The molecule has 1 amide bonds. The maximum Gasteiger partial charge on any atom is 0.237 e. The quantitative estimate of drug-likeness (QED) is 0.627. The lowest BCUT2D eigenvalue weighted by atomic mass is 10.2. The highest BCUT2D eigenvalue weighted by Gasteiger charge is 2.36. The lowest BCUT2D eigenvalue weighted by molar-refractivity contribution is -0.133. The molecule has 0 aliphatic carbocycles. The molecule has 0 saturated carbocycles. The van der Waals surface area contributed by atoms with Crippen LogP contribution in [0.15, 0.2) is 0 Å². The average molecular weight is 306 g/mol. The molecule has 2 heterocycles. The van der Waals surface area contributed by atoms with Gasteiger partial charge >= 0.3 is 0 Å². The first-order valence-electron chi connectivity index (χ1n) is 6.90. The molecule has 3 unspecified atom stereocenters. The zero-order valence-corrected chi connectivity index (χ0v) is 12.4. The third-order valence-electron chi connectivity index (χ3n) is 4.00. The van der Waals surface area contributed by atoms with Gasteiger partial charge in [-0.05, 0) is 13.3 Å². The molecular formula is C12H22N2O5S. The number of likely N-dealkylation sites (N-methyl/N-ethyl adjacent to an activating group) is 1. The van der Waals surface area contributed by atoms with Gasteiger partial charge in [0.1, 0.15) is 0 Å². The van der Waals surface area contributed by atoms with E-state index in [9.17, 15) is 23.4 Å². The van der Waals surface area contributed by atoms with Crippen molar-refractivity contribution in [2.24, 2.45) is 0 Å². The van der Waals surface area contributed by atoms with Gasteiger partial charge in [0.15, 0.2) is 9.84 Å². The Labute approximate surface area is 119 Å². The van der Waals surface area contributed by atoms with E-state index in [2.05, 4.69) is 0 Å². The van der Waals surface area contributed by atoms with E-state index in [0.29, 0.717) is 13.0 Å². The number of rotatable bonds is 4. The Hall–Kier alpha value is -0.700. The highest BCUT2D eigenvalue weighted by molar-refractivity contribution is 7.91. The van der Waals surface area contributed by atoms with Gasteiger partial charge in [-0.2, -0.15) is 0 Å². The van der Waals surface area contributed by atoms with E-state index in [-0.39, 0.29) is 43.1 Å². The molecule has 2 aliphatic heterocycles. The van der Waals surface area contributed by atoms with Crippen LogP contribution >= 0.6 is 0 Å². The number of hydrogen-bond acceptors (Lipinski definition) is 6. The van der Waals surface area contributed by atoms with Crippen LogP contribution in [0.5, 0.6) is 0 Å². The molecule has 0 bridgehead atoms. The minimum absolute atomic E-state index is 0.0395. The van der Waals surface area contributed by atoms with Crippen molar-refractivity contribution in [2.75, 3.05) is 37.7 Å². The van der Waals surface area contributed by atoms with E-state index in [0.717, 1.165) is 0 Å². The Kier molecular flexibility index (Phi) is 4.68. The molecule has 0 aromatic carbocycles. The van der Waals surface area contributed by atoms with Crippen molar-refractivity contribution in [1.82, 2.24) is 9.80 Å². The van der Waals surface area contributed by atoms with E-state index >= 15 is 0 Å². The van der Waals surface area contributed by atoms with E-state index in [1.807, 2.05) is 6.92 Å². The number of β-amino-alcohol motifs (C(OH)–C–C–N with tert-alkyl or cyclic N) is 2. The Morgan fingerprint density at radius 2 is 1.90 bits per heavy atom. The van der Waals surface area contributed by atoms with Crippen LogP contribution in [-0.4, -0.2) is 90.3 Å². The summed E-state index contributed by atoms with van der Waals surface area (Å²) >= 11 is 0. The minimum Gasteiger partial charge on any atom is -0.389 e. The number of carbonyl (C=O) groups is 1. The van der Waals surface area contributed by atoms with Gasteiger partial charge in [0, 0.05) is 25.7 Å². The molecule has 0 radical (unpaired) electrons. The fraction of sp³-hybridized carbons (Fsp3) is 0.917. The van der Waals surface area contributed by atoms with Crippen molar-refractivity contribution >= 4 is 15.7 Å². The molecule has 2 fully saturated rings. The summed E-state index contributed by atoms with van der Waals surface area (Å²) in [6, 6.07) is -0.241. The van der Waals surface area contributed by atoms with Crippen LogP contribution in [0, 0.1) is 0 Å². The number of hydrogen-bond donors (Lipinski definition) is 2. The second-order valence-corrected chi connectivity index (χ2v) is 7.79. The molecular weight excluding hydrogens is 284 g/mol. The molecule has 20 heavy (non-hydrogen) atoms. The van der Waals surface area contributed by atoms with E-state index in [1.54, 1.807) is 9.80 Å². The summed E-state index contributed by atoms with van der Waals surface area (Å²) in [4.78, 5) is 15.6. The van der Waals surface area contributed by atoms with E-state index < -0.39 is 22.0 Å². The lowest BCUT2D eigenvalue weighted by Crippen LogP contribution is -2.46. The maximum absolute atomic E-state index is 12.3. The number of likely N-dealkylation sites (tertiary alicyclic amines) is 1. The first kappa shape index (κ1) is 15.7. The average Bonchev–Trinajstić information content (AvgIpc) is 2.84. The standard InChI is InChI=1S/C12H22N2O5S/c1-2-14(9-3-4-20(18,19)8-9)12(17)7-13-5-10(15)11(16)6-13/h9-11,15-16H,2-8H2,1H3. The van der Waals surface area contributed by atoms with Gasteiger partial charge in [-0.25, -0.2) is 8.42 Å². The Morgan fingerprint density at radius 1 is 1.30 bits per heavy atom. The molecule has 2 rings (SSSR count). The minimum atomic E-state index is -3.02. The summed E-state index contributed by atoms with van der Waals surface area (Å²) in [5.41, 5.74) is 0. The summed E-state index contributed by atoms with van der Waals surface area (Å²) < 4.78 is 23.0. The van der Waals surface area contributed by atoms with Gasteiger partial charge < -0.3 is 15.1 Å². The van der Waals surface area contributed by atoms with Gasteiger partial charge in [-0.1, -0.05) is 0 Å². The summed E-state index contributed by atoms with van der Waals surface area (Å²) in [6.07, 6.45) is -1.14. The number of aliphatic hydroxyl groups excluding tert-OH is 2. The monoisotopic (exact) mass is 306 g/mol. The van der Waals surface area contributed by atoms with Gasteiger partial charge in [-0.15, -0.1) is 0 Å². The second kappa shape index (κ2) is 5.97. The number of nitrogens with zero attached hydrogens (tertiary/aromatic N) is 2. The fourth-order valence-corrected chi connectivity index (χ4v) is 4.65. The van der Waals surface area contributed by atoms with Gasteiger partial charge in [0.25, 0.3) is 0 Å². The molecule has 2 saturated heterocycles. The van der Waals surface area contributed by atoms with Gasteiger partial charge in [-0.3, -0.25) is 9.69 Å². The first-order chi connectivity index (χ1) is 9.32. The summed E-state index contributed by atoms with van der Waals surface area (Å²) in [6.45, 7) is 2.95. The number of sulfone groups is 1. The van der Waals surface area contributed by atoms with Crippen molar-refractivity contribution in [2.45, 2.75) is 31.6 Å². The van der Waals surface area contributed by atoms with Crippen molar-refractivity contribution in [1.29, 1.82) is 0 Å². The Bertz CT molecular complexity index is 456. The molecule has 116 valence electrons. The van der Waals surface area contributed by atoms with E-state index in [4.69, 9.17) is 0 Å². The lowest BCUT2D eigenvalue weighted by Gasteiger charge is -2.28. The summed E-state index contributed by atoms with van der Waals surface area (Å²) in [5, 5.41) is 18.9. The van der Waals surface area contributed by atoms with Crippen molar-refractivity contribution in [3.8, 4) is 0 Å². The van der Waals surface area contributed by atoms with Crippen molar-refractivity contribution < 1.29 is 23.4 Å². The van der Waals surface area contributed by atoms with Crippen LogP contribution in [-0.2, 0) is 14.6 Å². The number of amides is 1. The molecule has 3 atom stereocenters. The molecule has 0 spiro atoms. The highest BCUT2D eigenvalue weighted by Crippen LogP contribution is 2.18. The third-order valence-corrected chi connectivity index (χ3v) is 5.75. The molecule has 7 nitrogen and oxygen atoms in total. The largest absolute Gasteiger partial charge is 0.389 e. The normalized spacial score (nSPS) is 33.5. The summed E-state index contributed by atoms with van der Waals surface area (Å²) in [5.74, 6) is 0.0383. The first-order valence-corrected chi connectivity index (χ1v) is 8.73. The van der Waals surface area contributed by atoms with Crippen LogP contribution in [0.3, 0.4) is 0 Å². The second-order valence-electron chi connectivity index (χ2n) is 5.57. The van der Waals surface area contributed by atoms with Crippen LogP contribution < -0.4 is 0 Å². The molecule has 2 N–H and O–H groups in total. The van der Waals surface area contributed by atoms with Crippen molar-refractivity contribution in [3.05, 3.63) is 0 Å². The molecule has 2 aliphatic rings. The Balaban J connectivity index is 1.93. The summed E-state index contributed by atoms with van der Waals surface area (Å²) in [7, 11) is -3.02. The molecule has 0 aromatic heterocycles.